The number of unbranched alkanes of at least 4 members (excludes halogenated alkanes) is 1. The van der Waals surface area contributed by atoms with Crippen LogP contribution in [-0.2, 0) is 6.42 Å². The maximum atomic E-state index is 12.2. The first-order valence-electron chi connectivity index (χ1n) is 6.54. The normalized spacial score (nSPS) is 10.7. The summed E-state index contributed by atoms with van der Waals surface area (Å²) >= 11 is 0. The number of carboxylic acids is 1. The Morgan fingerprint density at radius 1 is 1.40 bits per heavy atom. The number of carboxylic acid groups (broad SMARTS) is 1. The van der Waals surface area contributed by atoms with Gasteiger partial charge >= 0.3 is 5.97 Å². The largest absolute Gasteiger partial charge is 0.495 e. The summed E-state index contributed by atoms with van der Waals surface area (Å²) in [6.07, 6.45) is 4.10. The molecule has 0 unspecified atom stereocenters. The van der Waals surface area contributed by atoms with Crippen molar-refractivity contribution in [3.63, 3.8) is 0 Å². The summed E-state index contributed by atoms with van der Waals surface area (Å²) in [5.41, 5.74) is 0.766. The van der Waals surface area contributed by atoms with Crippen LogP contribution in [0.4, 0.5) is 0 Å². The van der Waals surface area contributed by atoms with Crippen LogP contribution in [0.25, 0.3) is 10.9 Å². The second kappa shape index (κ2) is 5.77. The summed E-state index contributed by atoms with van der Waals surface area (Å²) in [6, 6.07) is 3.63. The number of H-pyrrole nitrogens is 1. The van der Waals surface area contributed by atoms with E-state index in [2.05, 4.69) is 11.9 Å². The summed E-state index contributed by atoms with van der Waals surface area (Å²) in [7, 11) is 1.53. The topological polar surface area (TPSA) is 79.4 Å². The van der Waals surface area contributed by atoms with Crippen LogP contribution < -0.4 is 10.2 Å². The smallest absolute Gasteiger partial charge is 0.341 e. The average molecular weight is 275 g/mol. The van der Waals surface area contributed by atoms with Gasteiger partial charge in [0.15, 0.2) is 0 Å². The fourth-order valence-electron chi connectivity index (χ4n) is 2.20. The van der Waals surface area contributed by atoms with Crippen molar-refractivity contribution in [3.05, 3.63) is 39.7 Å². The summed E-state index contributed by atoms with van der Waals surface area (Å²) in [4.78, 5) is 26.1. The van der Waals surface area contributed by atoms with Gasteiger partial charge in [-0.1, -0.05) is 13.3 Å². The monoisotopic (exact) mass is 275 g/mol. The number of aromatic carboxylic acids is 1. The Kier molecular flexibility index (Phi) is 4.08. The minimum absolute atomic E-state index is 0.257. The lowest BCUT2D eigenvalue weighted by atomic mass is 10.0. The summed E-state index contributed by atoms with van der Waals surface area (Å²) < 4.78 is 5.29. The minimum atomic E-state index is -1.23. The summed E-state index contributed by atoms with van der Waals surface area (Å²) in [5, 5.41) is 9.37. The Morgan fingerprint density at radius 3 is 2.75 bits per heavy atom. The fourth-order valence-corrected chi connectivity index (χ4v) is 2.20. The number of aromatic nitrogens is 1. The molecule has 1 aromatic heterocycles. The summed E-state index contributed by atoms with van der Waals surface area (Å²) in [6.45, 7) is 2.09. The third kappa shape index (κ3) is 2.52. The van der Waals surface area contributed by atoms with Crippen molar-refractivity contribution in [3.8, 4) is 5.75 Å². The lowest BCUT2D eigenvalue weighted by molar-refractivity contribution is 0.0695. The van der Waals surface area contributed by atoms with Gasteiger partial charge in [0.1, 0.15) is 11.3 Å². The molecule has 0 bridgehead atoms. The second-order valence-electron chi connectivity index (χ2n) is 4.66. The van der Waals surface area contributed by atoms with Gasteiger partial charge in [0.2, 0.25) is 5.43 Å². The van der Waals surface area contributed by atoms with Gasteiger partial charge in [0.05, 0.1) is 18.0 Å². The molecule has 5 heteroatoms. The molecule has 2 aromatic rings. The van der Waals surface area contributed by atoms with E-state index in [-0.39, 0.29) is 5.56 Å². The number of hydrogen-bond acceptors (Lipinski definition) is 3. The number of methoxy groups -OCH3 is 1. The van der Waals surface area contributed by atoms with Crippen LogP contribution >= 0.6 is 0 Å². The minimum Gasteiger partial charge on any atom is -0.495 e. The van der Waals surface area contributed by atoms with Gasteiger partial charge in [-0.2, -0.15) is 0 Å². The molecule has 106 valence electrons. The number of benzene rings is 1. The van der Waals surface area contributed by atoms with Crippen LogP contribution in [0.3, 0.4) is 0 Å². The van der Waals surface area contributed by atoms with Gasteiger partial charge in [-0.05, 0) is 30.5 Å². The molecule has 0 saturated heterocycles. The number of hydrogen-bond donors (Lipinski definition) is 2. The first-order chi connectivity index (χ1) is 9.58. The van der Waals surface area contributed by atoms with Crippen molar-refractivity contribution < 1.29 is 14.6 Å². The van der Waals surface area contributed by atoms with Crippen molar-refractivity contribution in [1.29, 1.82) is 0 Å². The van der Waals surface area contributed by atoms with E-state index in [1.807, 2.05) is 6.07 Å². The van der Waals surface area contributed by atoms with Gasteiger partial charge in [0.25, 0.3) is 0 Å². The molecule has 0 amide bonds. The van der Waals surface area contributed by atoms with Gasteiger partial charge in [-0.15, -0.1) is 0 Å². The van der Waals surface area contributed by atoms with Crippen LogP contribution in [0.15, 0.2) is 23.1 Å². The zero-order chi connectivity index (χ0) is 14.7. The molecule has 0 spiro atoms. The lowest BCUT2D eigenvalue weighted by Crippen LogP contribution is -2.15. The number of ether oxygens (including phenoxy) is 1. The molecule has 2 N–H and O–H groups in total. The highest BCUT2D eigenvalue weighted by Gasteiger charge is 2.14. The van der Waals surface area contributed by atoms with E-state index >= 15 is 0 Å². The van der Waals surface area contributed by atoms with Gasteiger partial charge in [-0.3, -0.25) is 4.79 Å². The number of rotatable bonds is 5. The van der Waals surface area contributed by atoms with Gasteiger partial charge < -0.3 is 14.8 Å². The number of carbonyl (C=O) groups is 1. The second-order valence-corrected chi connectivity index (χ2v) is 4.66. The van der Waals surface area contributed by atoms with Crippen molar-refractivity contribution in [2.24, 2.45) is 0 Å². The zero-order valence-electron chi connectivity index (χ0n) is 11.5. The standard InChI is InChI=1S/C15H17NO4/c1-3-4-5-9-6-10-13(12(7-9)20-2)16-8-11(14(10)17)15(18)19/h6-8H,3-5H2,1-2H3,(H,16,17)(H,18,19). The molecule has 20 heavy (non-hydrogen) atoms. The molecular formula is C15H17NO4. The zero-order valence-corrected chi connectivity index (χ0v) is 11.5. The van der Waals surface area contributed by atoms with E-state index in [1.165, 1.54) is 13.3 Å². The molecule has 0 saturated carbocycles. The summed E-state index contributed by atoms with van der Waals surface area (Å²) in [5.74, 6) is -0.672. The first kappa shape index (κ1) is 14.1. The van der Waals surface area contributed by atoms with E-state index in [0.29, 0.717) is 16.7 Å². The molecular weight excluding hydrogens is 258 g/mol. The highest BCUT2D eigenvalue weighted by molar-refractivity contribution is 5.94. The predicted octanol–water partition coefficient (Wildman–Crippen LogP) is 2.58. The molecule has 0 aliphatic carbocycles. The molecule has 0 radical (unpaired) electrons. The Bertz CT molecular complexity index is 703. The van der Waals surface area contributed by atoms with Crippen molar-refractivity contribution >= 4 is 16.9 Å². The molecule has 1 aromatic carbocycles. The van der Waals surface area contributed by atoms with Crippen LogP contribution in [0.5, 0.6) is 5.75 Å². The quantitative estimate of drug-likeness (QED) is 0.879. The molecule has 2 rings (SSSR count). The van der Waals surface area contributed by atoms with Crippen molar-refractivity contribution in [1.82, 2.24) is 4.98 Å². The number of pyridine rings is 1. The Morgan fingerprint density at radius 2 is 2.15 bits per heavy atom. The molecule has 0 aliphatic rings. The number of nitrogens with one attached hydrogen (secondary N) is 1. The van der Waals surface area contributed by atoms with Crippen LogP contribution in [0, 0.1) is 0 Å². The van der Waals surface area contributed by atoms with Gasteiger partial charge in [-0.25, -0.2) is 4.79 Å². The van der Waals surface area contributed by atoms with Crippen molar-refractivity contribution in [2.45, 2.75) is 26.2 Å². The average Bonchev–Trinajstić information content (AvgIpc) is 2.44. The van der Waals surface area contributed by atoms with Crippen LogP contribution in [0.2, 0.25) is 0 Å². The van der Waals surface area contributed by atoms with E-state index in [0.717, 1.165) is 24.8 Å². The number of aromatic amines is 1. The number of fused-ring (bicyclic) bond motifs is 1. The van der Waals surface area contributed by atoms with Crippen LogP contribution in [0.1, 0.15) is 35.7 Å². The lowest BCUT2D eigenvalue weighted by Gasteiger charge is -2.09. The van der Waals surface area contributed by atoms with E-state index in [1.54, 1.807) is 6.07 Å². The van der Waals surface area contributed by atoms with E-state index in [9.17, 15) is 9.59 Å². The van der Waals surface area contributed by atoms with E-state index in [4.69, 9.17) is 9.84 Å². The third-order valence-electron chi connectivity index (χ3n) is 3.28. The fraction of sp³-hybridized carbons (Fsp3) is 0.333. The molecule has 1 heterocycles. The highest BCUT2D eigenvalue weighted by atomic mass is 16.5. The van der Waals surface area contributed by atoms with Gasteiger partial charge in [0, 0.05) is 6.20 Å². The first-order valence-corrected chi connectivity index (χ1v) is 6.54. The molecule has 5 nitrogen and oxygen atoms in total. The molecule has 0 fully saturated rings. The third-order valence-corrected chi connectivity index (χ3v) is 3.28. The Balaban J connectivity index is 2.69. The molecule has 0 aliphatic heterocycles. The Labute approximate surface area is 116 Å². The Hall–Kier alpha value is -2.30. The SMILES string of the molecule is CCCCc1cc(OC)c2[nH]cc(C(=O)O)c(=O)c2c1. The number of aryl methyl sites for hydroxylation is 1. The van der Waals surface area contributed by atoms with E-state index < -0.39 is 11.4 Å². The maximum Gasteiger partial charge on any atom is 0.341 e. The van der Waals surface area contributed by atoms with Crippen LogP contribution in [-0.4, -0.2) is 23.2 Å². The molecule has 0 atom stereocenters. The highest BCUT2D eigenvalue weighted by Crippen LogP contribution is 2.25. The van der Waals surface area contributed by atoms with Crippen molar-refractivity contribution in [2.75, 3.05) is 7.11 Å². The maximum absolute atomic E-state index is 12.2. The predicted molar refractivity (Wildman–Crippen MR) is 76.7 cm³/mol.